The largest absolute Gasteiger partial charge is 0.490 e. The molecule has 2 aliphatic heterocycles. The van der Waals surface area contributed by atoms with Gasteiger partial charge in [0.15, 0.2) is 5.76 Å². The van der Waals surface area contributed by atoms with Crippen LogP contribution in [-0.4, -0.2) is 88.1 Å². The number of likely N-dealkylation sites (tertiary alicyclic amines) is 1. The Morgan fingerprint density at radius 3 is 2.45 bits per heavy atom. The van der Waals surface area contributed by atoms with Crippen LogP contribution >= 0.6 is 0 Å². The molecular weight excluding hydrogens is 419 g/mol. The highest BCUT2D eigenvalue weighted by Crippen LogP contribution is 2.34. The lowest BCUT2D eigenvalue weighted by molar-refractivity contribution is -0.192. The van der Waals surface area contributed by atoms with Crippen LogP contribution < -0.4 is 0 Å². The van der Waals surface area contributed by atoms with E-state index in [1.54, 1.807) is 17.0 Å². The Hall–Kier alpha value is -2.82. The van der Waals surface area contributed by atoms with Crippen molar-refractivity contribution >= 4 is 17.8 Å². The number of halogens is 3. The van der Waals surface area contributed by atoms with Crippen LogP contribution in [0, 0.1) is 0 Å². The lowest BCUT2D eigenvalue weighted by Crippen LogP contribution is -2.68. The number of carbonyl (C=O) groups is 3. The molecule has 2 aliphatic rings. The Balaban J connectivity index is 0.000000423. The first-order chi connectivity index (χ1) is 14.4. The smallest absolute Gasteiger partial charge is 0.475 e. The third-order valence-corrected chi connectivity index (χ3v) is 5.36. The van der Waals surface area contributed by atoms with Gasteiger partial charge in [0.25, 0.3) is 5.91 Å². The van der Waals surface area contributed by atoms with Gasteiger partial charge in [0.2, 0.25) is 5.91 Å². The molecule has 1 atom stereocenters. The van der Waals surface area contributed by atoms with E-state index in [1.807, 2.05) is 24.8 Å². The van der Waals surface area contributed by atoms with Gasteiger partial charge in [-0.3, -0.25) is 14.5 Å². The van der Waals surface area contributed by atoms with Gasteiger partial charge in [-0.2, -0.15) is 13.2 Å². The average Bonchev–Trinajstić information content (AvgIpc) is 3.36. The van der Waals surface area contributed by atoms with E-state index in [1.165, 1.54) is 6.26 Å². The molecule has 1 aromatic rings. The molecule has 2 fully saturated rings. The minimum absolute atomic E-state index is 0.125. The van der Waals surface area contributed by atoms with E-state index in [-0.39, 0.29) is 17.9 Å². The quantitative estimate of drug-likeness (QED) is 0.715. The summed E-state index contributed by atoms with van der Waals surface area (Å²) >= 11 is 0. The van der Waals surface area contributed by atoms with Gasteiger partial charge in [-0.25, -0.2) is 4.79 Å². The number of carbonyl (C=O) groups excluding carboxylic acids is 2. The third-order valence-electron chi connectivity index (χ3n) is 5.36. The van der Waals surface area contributed by atoms with Crippen molar-refractivity contribution in [2.45, 2.75) is 38.0 Å². The van der Waals surface area contributed by atoms with E-state index < -0.39 is 17.7 Å². The summed E-state index contributed by atoms with van der Waals surface area (Å²) in [5.41, 5.74) is -0.640. The van der Waals surface area contributed by atoms with Gasteiger partial charge in [-0.15, -0.1) is 6.58 Å². The molecule has 1 aromatic heterocycles. The number of amides is 2. The number of nitrogens with zero attached hydrogens (tertiary/aromatic N) is 3. The Bertz CT molecular complexity index is 809. The van der Waals surface area contributed by atoms with Gasteiger partial charge in [0.05, 0.1) is 6.26 Å². The molecule has 0 aromatic carbocycles. The van der Waals surface area contributed by atoms with Crippen molar-refractivity contribution in [1.82, 2.24) is 14.7 Å². The second-order valence-electron chi connectivity index (χ2n) is 7.62. The first-order valence-electron chi connectivity index (χ1n) is 9.74. The molecule has 172 valence electrons. The van der Waals surface area contributed by atoms with E-state index in [0.29, 0.717) is 31.8 Å². The summed E-state index contributed by atoms with van der Waals surface area (Å²) in [6.07, 6.45) is -1.11. The van der Waals surface area contributed by atoms with Gasteiger partial charge in [-0.1, -0.05) is 6.08 Å². The number of hydrogen-bond donors (Lipinski definition) is 1. The Morgan fingerprint density at radius 2 is 1.97 bits per heavy atom. The molecule has 2 saturated heterocycles. The van der Waals surface area contributed by atoms with E-state index in [0.717, 1.165) is 13.1 Å². The van der Waals surface area contributed by atoms with Crippen LogP contribution in [0.4, 0.5) is 13.2 Å². The fraction of sp³-hybridized carbons (Fsp3) is 0.550. The van der Waals surface area contributed by atoms with Gasteiger partial charge in [0, 0.05) is 38.8 Å². The van der Waals surface area contributed by atoms with Crippen molar-refractivity contribution in [3.05, 3.63) is 36.8 Å². The number of carboxylic acid groups (broad SMARTS) is 1. The van der Waals surface area contributed by atoms with Gasteiger partial charge >= 0.3 is 12.1 Å². The number of furan rings is 1. The van der Waals surface area contributed by atoms with Crippen molar-refractivity contribution in [2.24, 2.45) is 0 Å². The summed E-state index contributed by atoms with van der Waals surface area (Å²) in [6, 6.07) is 3.53. The molecule has 3 rings (SSSR count). The van der Waals surface area contributed by atoms with Crippen molar-refractivity contribution in [1.29, 1.82) is 0 Å². The zero-order valence-electron chi connectivity index (χ0n) is 17.4. The van der Waals surface area contributed by atoms with Crippen molar-refractivity contribution in [2.75, 3.05) is 32.7 Å². The summed E-state index contributed by atoms with van der Waals surface area (Å²) in [4.78, 5) is 40.5. The predicted octanol–water partition coefficient (Wildman–Crippen LogP) is 2.24. The molecule has 1 N–H and O–H groups in total. The van der Waals surface area contributed by atoms with E-state index >= 15 is 0 Å². The SMILES string of the molecule is C=CCN1CCN(C(C)C)C(=O)C12CCN(C(=O)c1ccco1)C2.O=C(O)C(F)(F)F. The summed E-state index contributed by atoms with van der Waals surface area (Å²) < 4.78 is 37.0. The normalized spacial score (nSPS) is 21.9. The highest BCUT2D eigenvalue weighted by Gasteiger charge is 2.54. The van der Waals surface area contributed by atoms with Crippen molar-refractivity contribution in [3.8, 4) is 0 Å². The third kappa shape index (κ3) is 5.27. The predicted molar refractivity (Wildman–Crippen MR) is 104 cm³/mol. The summed E-state index contributed by atoms with van der Waals surface area (Å²) in [5.74, 6) is -2.45. The lowest BCUT2D eigenvalue weighted by atomic mass is 9.90. The van der Waals surface area contributed by atoms with Crippen LogP contribution in [-0.2, 0) is 9.59 Å². The number of hydrogen-bond acceptors (Lipinski definition) is 5. The minimum atomic E-state index is -5.08. The van der Waals surface area contributed by atoms with Crippen LogP contribution in [0.1, 0.15) is 30.8 Å². The molecule has 1 spiro atoms. The van der Waals surface area contributed by atoms with Crippen LogP contribution in [0.15, 0.2) is 35.5 Å². The van der Waals surface area contributed by atoms with Crippen LogP contribution in [0.5, 0.6) is 0 Å². The summed E-state index contributed by atoms with van der Waals surface area (Å²) in [6.45, 7) is 11.0. The van der Waals surface area contributed by atoms with Gasteiger partial charge < -0.3 is 19.3 Å². The standard InChI is InChI=1S/C18H25N3O3.C2HF3O2/c1-4-8-20-10-11-21(14(2)3)17(23)18(20)7-9-19(13-18)16(22)15-6-5-12-24-15;3-2(4,5)1(6)7/h4-6,12,14H,1,7-11,13H2,2-3H3;(H,6,7). The first kappa shape index (κ1) is 24.4. The topological polar surface area (TPSA) is 94.3 Å². The van der Waals surface area contributed by atoms with E-state index in [4.69, 9.17) is 14.3 Å². The van der Waals surface area contributed by atoms with Crippen molar-refractivity contribution < 1.29 is 37.1 Å². The number of carboxylic acids is 1. The van der Waals surface area contributed by atoms with E-state index in [2.05, 4.69) is 11.5 Å². The number of piperazine rings is 1. The number of rotatable bonds is 4. The molecule has 8 nitrogen and oxygen atoms in total. The van der Waals surface area contributed by atoms with E-state index in [9.17, 15) is 22.8 Å². The average molecular weight is 445 g/mol. The maximum absolute atomic E-state index is 13.2. The molecular formula is C20H26F3N3O5. The fourth-order valence-electron chi connectivity index (χ4n) is 3.82. The molecule has 0 saturated carbocycles. The van der Waals surface area contributed by atoms with Crippen LogP contribution in [0.25, 0.3) is 0 Å². The molecule has 1 unspecified atom stereocenters. The van der Waals surface area contributed by atoms with Crippen molar-refractivity contribution in [3.63, 3.8) is 0 Å². The molecule has 3 heterocycles. The number of aliphatic carboxylic acids is 1. The monoisotopic (exact) mass is 445 g/mol. The zero-order valence-corrected chi connectivity index (χ0v) is 17.4. The highest BCUT2D eigenvalue weighted by atomic mass is 19.4. The molecule has 0 aliphatic carbocycles. The molecule has 0 bridgehead atoms. The second-order valence-corrected chi connectivity index (χ2v) is 7.62. The van der Waals surface area contributed by atoms with Gasteiger partial charge in [-0.05, 0) is 32.4 Å². The number of alkyl halides is 3. The maximum atomic E-state index is 13.2. The lowest BCUT2D eigenvalue weighted by Gasteiger charge is -2.48. The fourth-order valence-corrected chi connectivity index (χ4v) is 3.82. The first-order valence-corrected chi connectivity index (χ1v) is 9.74. The summed E-state index contributed by atoms with van der Waals surface area (Å²) in [5, 5.41) is 7.12. The minimum Gasteiger partial charge on any atom is -0.475 e. The van der Waals surface area contributed by atoms with Gasteiger partial charge in [0.1, 0.15) is 5.54 Å². The molecule has 0 radical (unpaired) electrons. The second kappa shape index (κ2) is 9.54. The summed E-state index contributed by atoms with van der Waals surface area (Å²) in [7, 11) is 0. The van der Waals surface area contributed by atoms with Crippen LogP contribution in [0.3, 0.4) is 0 Å². The zero-order chi connectivity index (χ0) is 23.4. The Morgan fingerprint density at radius 1 is 1.32 bits per heavy atom. The van der Waals surface area contributed by atoms with Crippen LogP contribution in [0.2, 0.25) is 0 Å². The highest BCUT2D eigenvalue weighted by molar-refractivity contribution is 5.94. The molecule has 31 heavy (non-hydrogen) atoms. The maximum Gasteiger partial charge on any atom is 0.490 e. The molecule has 11 heteroatoms. The molecule has 2 amide bonds. The Kier molecular flexibility index (Phi) is 7.53. The Labute approximate surface area is 177 Å².